The quantitative estimate of drug-likeness (QED) is 0.855. The highest BCUT2D eigenvalue weighted by molar-refractivity contribution is 6.06. The van der Waals surface area contributed by atoms with E-state index in [2.05, 4.69) is 29.7 Å². The number of nitrogens with one attached hydrogen (secondary N) is 2. The molecule has 1 heterocycles. The summed E-state index contributed by atoms with van der Waals surface area (Å²) in [5.41, 5.74) is 5.15. The molecule has 23 heavy (non-hydrogen) atoms. The highest BCUT2D eigenvalue weighted by Crippen LogP contribution is 2.26. The first kappa shape index (κ1) is 17.4. The van der Waals surface area contributed by atoms with E-state index in [1.54, 1.807) is 0 Å². The average Bonchev–Trinajstić information content (AvgIpc) is 2.56. The topological polar surface area (TPSA) is 41.1 Å². The van der Waals surface area contributed by atoms with Crippen LogP contribution in [0.3, 0.4) is 0 Å². The molecule has 1 amide bonds. The summed E-state index contributed by atoms with van der Waals surface area (Å²) < 4.78 is 0. The number of fused-ring (bicyclic) bond motifs is 1. The van der Waals surface area contributed by atoms with Crippen molar-refractivity contribution in [2.45, 2.75) is 32.6 Å². The Morgan fingerprint density at radius 2 is 2.00 bits per heavy atom. The maximum atomic E-state index is 12.7. The number of halogens is 1. The molecule has 0 aliphatic carbocycles. The van der Waals surface area contributed by atoms with Gasteiger partial charge < -0.3 is 10.6 Å². The van der Waals surface area contributed by atoms with Gasteiger partial charge in [-0.15, -0.1) is 12.4 Å². The van der Waals surface area contributed by atoms with E-state index in [-0.39, 0.29) is 18.3 Å². The van der Waals surface area contributed by atoms with Crippen LogP contribution in [0.5, 0.6) is 0 Å². The van der Waals surface area contributed by atoms with Crippen LogP contribution in [0.25, 0.3) is 0 Å². The van der Waals surface area contributed by atoms with E-state index in [1.807, 2.05) is 30.3 Å². The molecule has 0 aromatic heterocycles. The number of para-hydroxylation sites is 1. The lowest BCUT2D eigenvalue weighted by atomic mass is 9.97. The number of rotatable bonds is 4. The molecule has 2 aromatic rings. The summed E-state index contributed by atoms with van der Waals surface area (Å²) in [6, 6.07) is 14.0. The molecular formula is C19H23ClN2O. The van der Waals surface area contributed by atoms with Gasteiger partial charge in [0.05, 0.1) is 0 Å². The lowest BCUT2D eigenvalue weighted by Crippen LogP contribution is -2.19. The van der Waals surface area contributed by atoms with Crippen LogP contribution in [-0.2, 0) is 12.8 Å². The summed E-state index contributed by atoms with van der Waals surface area (Å²) in [6.45, 7) is 3.13. The standard InChI is InChI=1S/C19H22N2O.ClH/c1-2-7-14-8-3-4-11-17(14)21-19(22)16-9-5-12-18-15(16)10-6-13-20-18;/h3-5,8-9,11-12,20H,2,6-7,10,13H2,1H3,(H,21,22);1H. The number of aryl methyl sites for hydroxylation is 1. The molecule has 0 saturated heterocycles. The Morgan fingerprint density at radius 3 is 2.83 bits per heavy atom. The second kappa shape index (κ2) is 8.02. The van der Waals surface area contributed by atoms with Gasteiger partial charge in [-0.1, -0.05) is 37.6 Å². The van der Waals surface area contributed by atoms with Crippen LogP contribution in [0, 0.1) is 0 Å². The molecule has 3 rings (SSSR count). The van der Waals surface area contributed by atoms with E-state index in [4.69, 9.17) is 0 Å². The maximum Gasteiger partial charge on any atom is 0.256 e. The van der Waals surface area contributed by atoms with Crippen molar-refractivity contribution in [1.29, 1.82) is 0 Å². The van der Waals surface area contributed by atoms with E-state index in [0.717, 1.165) is 54.7 Å². The average molecular weight is 331 g/mol. The van der Waals surface area contributed by atoms with Gasteiger partial charge in [-0.25, -0.2) is 0 Å². The van der Waals surface area contributed by atoms with Crippen molar-refractivity contribution in [3.05, 3.63) is 59.2 Å². The zero-order valence-corrected chi connectivity index (χ0v) is 14.2. The van der Waals surface area contributed by atoms with Gasteiger partial charge in [0.1, 0.15) is 0 Å². The Kier molecular flexibility index (Phi) is 6.05. The van der Waals surface area contributed by atoms with Crippen molar-refractivity contribution >= 4 is 29.7 Å². The monoisotopic (exact) mass is 330 g/mol. The third kappa shape index (κ3) is 3.85. The third-order valence-electron chi connectivity index (χ3n) is 4.12. The SMILES string of the molecule is CCCc1ccccc1NC(=O)c1cccc2c1CCCN2.Cl. The van der Waals surface area contributed by atoms with Crippen molar-refractivity contribution in [2.24, 2.45) is 0 Å². The van der Waals surface area contributed by atoms with E-state index in [0.29, 0.717) is 0 Å². The largest absolute Gasteiger partial charge is 0.385 e. The fourth-order valence-electron chi connectivity index (χ4n) is 3.04. The first-order chi connectivity index (χ1) is 10.8. The van der Waals surface area contributed by atoms with Gasteiger partial charge in [0, 0.05) is 23.5 Å². The second-order valence-corrected chi connectivity index (χ2v) is 5.72. The highest BCUT2D eigenvalue weighted by atomic mass is 35.5. The number of carbonyl (C=O) groups excluding carboxylic acids is 1. The number of benzene rings is 2. The van der Waals surface area contributed by atoms with Crippen LogP contribution < -0.4 is 10.6 Å². The molecule has 0 saturated carbocycles. The van der Waals surface area contributed by atoms with Crippen LogP contribution in [0.2, 0.25) is 0 Å². The van der Waals surface area contributed by atoms with Crippen LogP contribution in [0.1, 0.15) is 41.3 Å². The van der Waals surface area contributed by atoms with E-state index in [1.165, 1.54) is 5.56 Å². The Hall–Kier alpha value is -2.00. The summed E-state index contributed by atoms with van der Waals surface area (Å²) in [6.07, 6.45) is 4.08. The lowest BCUT2D eigenvalue weighted by Gasteiger charge is -2.21. The minimum absolute atomic E-state index is 0. The predicted octanol–water partition coefficient (Wildman–Crippen LogP) is 4.67. The number of hydrogen-bond acceptors (Lipinski definition) is 2. The van der Waals surface area contributed by atoms with Crippen molar-refractivity contribution in [3.8, 4) is 0 Å². The molecule has 3 nitrogen and oxygen atoms in total. The smallest absolute Gasteiger partial charge is 0.256 e. The third-order valence-corrected chi connectivity index (χ3v) is 4.12. The number of amides is 1. The van der Waals surface area contributed by atoms with Crippen LogP contribution in [0.15, 0.2) is 42.5 Å². The summed E-state index contributed by atoms with van der Waals surface area (Å²) in [4.78, 5) is 12.7. The second-order valence-electron chi connectivity index (χ2n) is 5.72. The van der Waals surface area contributed by atoms with Crippen molar-refractivity contribution in [3.63, 3.8) is 0 Å². The van der Waals surface area contributed by atoms with Crippen LogP contribution in [0.4, 0.5) is 11.4 Å². The Bertz CT molecular complexity index is 685. The molecule has 2 N–H and O–H groups in total. The normalized spacial score (nSPS) is 12.6. The highest BCUT2D eigenvalue weighted by Gasteiger charge is 2.17. The van der Waals surface area contributed by atoms with E-state index in [9.17, 15) is 4.79 Å². The molecule has 0 fully saturated rings. The molecule has 0 radical (unpaired) electrons. The number of anilines is 2. The van der Waals surface area contributed by atoms with Gasteiger partial charge >= 0.3 is 0 Å². The van der Waals surface area contributed by atoms with Crippen molar-refractivity contribution in [1.82, 2.24) is 0 Å². The molecular weight excluding hydrogens is 308 g/mol. The van der Waals surface area contributed by atoms with Gasteiger partial charge in [-0.3, -0.25) is 4.79 Å². The number of hydrogen-bond donors (Lipinski definition) is 2. The minimum Gasteiger partial charge on any atom is -0.385 e. The van der Waals surface area contributed by atoms with E-state index >= 15 is 0 Å². The van der Waals surface area contributed by atoms with Crippen LogP contribution >= 0.6 is 12.4 Å². The predicted molar refractivity (Wildman–Crippen MR) is 98.9 cm³/mol. The molecule has 122 valence electrons. The molecule has 4 heteroatoms. The molecule has 2 aromatic carbocycles. The zero-order valence-electron chi connectivity index (χ0n) is 13.4. The molecule has 0 spiro atoms. The molecule has 0 bridgehead atoms. The van der Waals surface area contributed by atoms with Gasteiger partial charge in [0.15, 0.2) is 0 Å². The minimum atomic E-state index is -0.0101. The van der Waals surface area contributed by atoms with E-state index < -0.39 is 0 Å². The summed E-state index contributed by atoms with van der Waals surface area (Å²) in [7, 11) is 0. The fourth-order valence-corrected chi connectivity index (χ4v) is 3.04. The maximum absolute atomic E-state index is 12.7. The molecule has 0 atom stereocenters. The molecule has 0 unspecified atom stereocenters. The number of carbonyl (C=O) groups is 1. The molecule has 1 aliphatic heterocycles. The van der Waals surface area contributed by atoms with Crippen molar-refractivity contribution < 1.29 is 4.79 Å². The van der Waals surface area contributed by atoms with Gasteiger partial charge in [-0.05, 0) is 48.6 Å². The first-order valence-corrected chi connectivity index (χ1v) is 8.04. The van der Waals surface area contributed by atoms with Crippen molar-refractivity contribution in [2.75, 3.05) is 17.2 Å². The summed E-state index contributed by atoms with van der Waals surface area (Å²) >= 11 is 0. The lowest BCUT2D eigenvalue weighted by molar-refractivity contribution is 0.102. The fraction of sp³-hybridized carbons (Fsp3) is 0.316. The van der Waals surface area contributed by atoms with Gasteiger partial charge in [-0.2, -0.15) is 0 Å². The Morgan fingerprint density at radius 1 is 1.17 bits per heavy atom. The first-order valence-electron chi connectivity index (χ1n) is 8.04. The van der Waals surface area contributed by atoms with Gasteiger partial charge in [0.25, 0.3) is 5.91 Å². The van der Waals surface area contributed by atoms with Gasteiger partial charge in [0.2, 0.25) is 0 Å². The Labute approximate surface area is 143 Å². The summed E-state index contributed by atoms with van der Waals surface area (Å²) in [5.74, 6) is -0.0101. The van der Waals surface area contributed by atoms with Crippen LogP contribution in [-0.4, -0.2) is 12.5 Å². The molecule has 1 aliphatic rings. The summed E-state index contributed by atoms with van der Waals surface area (Å²) in [5, 5.41) is 6.47. The zero-order chi connectivity index (χ0) is 15.4. The Balaban J connectivity index is 0.00000192.